The van der Waals surface area contributed by atoms with Gasteiger partial charge in [0.15, 0.2) is 0 Å². The summed E-state index contributed by atoms with van der Waals surface area (Å²) in [5, 5.41) is 8.70. The van der Waals surface area contributed by atoms with E-state index >= 15 is 0 Å². The highest BCUT2D eigenvalue weighted by Crippen LogP contribution is 2.23. The predicted octanol–water partition coefficient (Wildman–Crippen LogP) is 3.43. The molecule has 0 aliphatic rings. The number of rotatable bonds is 2. The van der Waals surface area contributed by atoms with Crippen LogP contribution in [0.25, 0.3) is 11.3 Å². The summed E-state index contributed by atoms with van der Waals surface area (Å²) in [6.07, 6.45) is 2.20. The summed E-state index contributed by atoms with van der Waals surface area (Å²) in [5.74, 6) is 0. The number of hydrogen-bond donors (Lipinski definition) is 0. The smallest absolute Gasteiger partial charge is 0.0707 e. The Balaban J connectivity index is 2.46. The highest BCUT2D eigenvalue weighted by atomic mass is 14.7. The number of benzene rings is 1. The molecule has 84 valence electrons. The van der Waals surface area contributed by atoms with Crippen LogP contribution in [0.2, 0.25) is 0 Å². The quantitative estimate of drug-likeness (QED) is 0.780. The van der Waals surface area contributed by atoms with Crippen LogP contribution in [-0.2, 0) is 6.42 Å². The summed E-state index contributed by atoms with van der Waals surface area (Å²) in [6, 6.07) is 12.3. The van der Waals surface area contributed by atoms with Crippen LogP contribution in [0.1, 0.15) is 16.7 Å². The van der Waals surface area contributed by atoms with Crippen molar-refractivity contribution in [2.45, 2.75) is 20.3 Å². The van der Waals surface area contributed by atoms with E-state index in [0.29, 0.717) is 6.42 Å². The van der Waals surface area contributed by atoms with Crippen molar-refractivity contribution >= 4 is 0 Å². The normalized spacial score (nSPS) is 9.94. The lowest BCUT2D eigenvalue weighted by Gasteiger charge is -2.07. The molecule has 1 heterocycles. The maximum Gasteiger partial charge on any atom is 0.0707 e. The standard InChI is InChI=1S/C15H14N2/c1-11-3-4-14(12(2)9-11)15-10-13(5-7-16)6-8-17-15/h3-4,6,8-10H,5H2,1-2H3. The van der Waals surface area contributed by atoms with Gasteiger partial charge in [-0.05, 0) is 37.1 Å². The first-order valence-electron chi connectivity index (χ1n) is 5.60. The fourth-order valence-electron chi connectivity index (χ4n) is 1.92. The van der Waals surface area contributed by atoms with E-state index in [2.05, 4.69) is 43.1 Å². The van der Waals surface area contributed by atoms with Crippen LogP contribution < -0.4 is 0 Å². The Morgan fingerprint density at radius 3 is 2.71 bits per heavy atom. The predicted molar refractivity (Wildman–Crippen MR) is 68.5 cm³/mol. The summed E-state index contributed by atoms with van der Waals surface area (Å²) >= 11 is 0. The van der Waals surface area contributed by atoms with E-state index in [9.17, 15) is 0 Å². The zero-order valence-electron chi connectivity index (χ0n) is 10.1. The fourth-order valence-corrected chi connectivity index (χ4v) is 1.92. The average molecular weight is 222 g/mol. The van der Waals surface area contributed by atoms with Gasteiger partial charge in [0, 0.05) is 11.8 Å². The summed E-state index contributed by atoms with van der Waals surface area (Å²) in [5.41, 5.74) is 5.55. The van der Waals surface area contributed by atoms with E-state index in [1.165, 1.54) is 11.1 Å². The Morgan fingerprint density at radius 2 is 2.00 bits per heavy atom. The lowest BCUT2D eigenvalue weighted by Crippen LogP contribution is -1.90. The molecule has 0 aliphatic heterocycles. The third-order valence-corrected chi connectivity index (χ3v) is 2.77. The van der Waals surface area contributed by atoms with Crippen molar-refractivity contribution in [2.24, 2.45) is 0 Å². The fraction of sp³-hybridized carbons (Fsp3) is 0.200. The Kier molecular flexibility index (Phi) is 3.20. The molecule has 2 rings (SSSR count). The third-order valence-electron chi connectivity index (χ3n) is 2.77. The van der Waals surface area contributed by atoms with Gasteiger partial charge in [-0.2, -0.15) is 5.26 Å². The van der Waals surface area contributed by atoms with Crippen molar-refractivity contribution in [3.05, 3.63) is 53.2 Å². The number of nitriles is 1. The van der Waals surface area contributed by atoms with Gasteiger partial charge < -0.3 is 0 Å². The van der Waals surface area contributed by atoms with Crippen LogP contribution in [0.5, 0.6) is 0 Å². The minimum atomic E-state index is 0.431. The van der Waals surface area contributed by atoms with Gasteiger partial charge in [-0.3, -0.25) is 4.98 Å². The molecule has 0 atom stereocenters. The van der Waals surface area contributed by atoms with Gasteiger partial charge in [0.2, 0.25) is 0 Å². The van der Waals surface area contributed by atoms with E-state index in [1.807, 2.05) is 12.1 Å². The van der Waals surface area contributed by atoms with Gasteiger partial charge in [-0.1, -0.05) is 23.8 Å². The van der Waals surface area contributed by atoms with Gasteiger partial charge in [-0.15, -0.1) is 0 Å². The maximum absolute atomic E-state index is 8.70. The Bertz CT molecular complexity index is 580. The van der Waals surface area contributed by atoms with Gasteiger partial charge in [0.25, 0.3) is 0 Å². The number of aromatic nitrogens is 1. The first kappa shape index (κ1) is 11.3. The van der Waals surface area contributed by atoms with Crippen molar-refractivity contribution in [3.8, 4) is 17.3 Å². The third kappa shape index (κ3) is 2.51. The van der Waals surface area contributed by atoms with E-state index in [4.69, 9.17) is 5.26 Å². The van der Waals surface area contributed by atoms with Gasteiger partial charge in [0.05, 0.1) is 18.2 Å². The second-order valence-electron chi connectivity index (χ2n) is 4.20. The van der Waals surface area contributed by atoms with E-state index in [0.717, 1.165) is 16.8 Å². The molecule has 0 saturated carbocycles. The molecule has 0 saturated heterocycles. The molecular formula is C15H14N2. The first-order valence-corrected chi connectivity index (χ1v) is 5.60. The van der Waals surface area contributed by atoms with Crippen molar-refractivity contribution in [3.63, 3.8) is 0 Å². The van der Waals surface area contributed by atoms with Crippen LogP contribution in [0.3, 0.4) is 0 Å². The Hall–Kier alpha value is -2.14. The lowest BCUT2D eigenvalue weighted by atomic mass is 10.0. The molecule has 0 N–H and O–H groups in total. The number of hydrogen-bond acceptors (Lipinski definition) is 2. The van der Waals surface area contributed by atoms with Crippen LogP contribution in [0.15, 0.2) is 36.5 Å². The molecule has 0 radical (unpaired) electrons. The Morgan fingerprint density at radius 1 is 1.18 bits per heavy atom. The first-order chi connectivity index (χ1) is 8.20. The van der Waals surface area contributed by atoms with Crippen LogP contribution in [0, 0.1) is 25.2 Å². The lowest BCUT2D eigenvalue weighted by molar-refractivity contribution is 1.21. The molecule has 0 fully saturated rings. The molecule has 0 amide bonds. The molecule has 1 aromatic heterocycles. The number of nitrogens with zero attached hydrogens (tertiary/aromatic N) is 2. The minimum Gasteiger partial charge on any atom is -0.256 e. The van der Waals surface area contributed by atoms with Crippen molar-refractivity contribution in [1.82, 2.24) is 4.98 Å². The molecule has 0 spiro atoms. The van der Waals surface area contributed by atoms with Crippen LogP contribution in [0.4, 0.5) is 0 Å². The number of aryl methyl sites for hydroxylation is 2. The molecule has 2 aromatic rings. The highest BCUT2D eigenvalue weighted by molar-refractivity contribution is 5.64. The van der Waals surface area contributed by atoms with E-state index in [1.54, 1.807) is 6.20 Å². The molecular weight excluding hydrogens is 208 g/mol. The molecule has 0 unspecified atom stereocenters. The zero-order chi connectivity index (χ0) is 12.3. The topological polar surface area (TPSA) is 36.7 Å². The maximum atomic E-state index is 8.70. The van der Waals surface area contributed by atoms with Crippen molar-refractivity contribution < 1.29 is 0 Å². The minimum absolute atomic E-state index is 0.431. The van der Waals surface area contributed by atoms with Crippen molar-refractivity contribution in [1.29, 1.82) is 5.26 Å². The van der Waals surface area contributed by atoms with Crippen LogP contribution >= 0.6 is 0 Å². The molecule has 17 heavy (non-hydrogen) atoms. The van der Waals surface area contributed by atoms with Gasteiger partial charge >= 0.3 is 0 Å². The van der Waals surface area contributed by atoms with E-state index < -0.39 is 0 Å². The SMILES string of the molecule is Cc1ccc(-c2cc(CC#N)ccn2)c(C)c1. The van der Waals surface area contributed by atoms with Crippen LogP contribution in [-0.4, -0.2) is 4.98 Å². The largest absolute Gasteiger partial charge is 0.256 e. The summed E-state index contributed by atoms with van der Waals surface area (Å²) < 4.78 is 0. The summed E-state index contributed by atoms with van der Waals surface area (Å²) in [6.45, 7) is 4.16. The highest BCUT2D eigenvalue weighted by Gasteiger charge is 2.04. The second-order valence-corrected chi connectivity index (χ2v) is 4.20. The second kappa shape index (κ2) is 4.80. The van der Waals surface area contributed by atoms with Gasteiger partial charge in [-0.25, -0.2) is 0 Å². The average Bonchev–Trinajstić information content (AvgIpc) is 2.29. The monoisotopic (exact) mass is 222 g/mol. The van der Waals surface area contributed by atoms with Gasteiger partial charge in [0.1, 0.15) is 0 Å². The van der Waals surface area contributed by atoms with Crippen molar-refractivity contribution in [2.75, 3.05) is 0 Å². The molecule has 1 aromatic carbocycles. The molecule has 0 bridgehead atoms. The molecule has 0 aliphatic carbocycles. The summed E-state index contributed by atoms with van der Waals surface area (Å²) in [7, 11) is 0. The summed E-state index contributed by atoms with van der Waals surface area (Å²) in [4.78, 5) is 4.37. The molecule has 2 heteroatoms. The Labute approximate surface area is 102 Å². The molecule has 2 nitrogen and oxygen atoms in total. The van der Waals surface area contributed by atoms with E-state index in [-0.39, 0.29) is 0 Å². The zero-order valence-corrected chi connectivity index (χ0v) is 10.1. The number of pyridine rings is 1.